The van der Waals surface area contributed by atoms with Gasteiger partial charge in [0.05, 0.1) is 28.8 Å². The maximum absolute atomic E-state index is 10.7. The molecule has 1 aromatic heterocycles. The average Bonchev–Trinajstić information content (AvgIpc) is 2.65. The van der Waals surface area contributed by atoms with E-state index in [1.165, 1.54) is 5.06 Å². The first-order valence-electron chi connectivity index (χ1n) is 10.4. The Kier molecular flexibility index (Phi) is 7.42. The number of hydrogen-bond acceptors (Lipinski definition) is 5. The number of allylic oxidation sites excluding steroid dienone is 3. The van der Waals surface area contributed by atoms with Crippen molar-refractivity contribution in [2.24, 2.45) is 5.92 Å². The van der Waals surface area contributed by atoms with E-state index < -0.39 is 0 Å². The highest BCUT2D eigenvalue weighted by Crippen LogP contribution is 2.33. The number of hydroxylamine groups is 2. The molecular weight excluding hydrogens is 336 g/mol. The summed E-state index contributed by atoms with van der Waals surface area (Å²) < 4.78 is 0. The van der Waals surface area contributed by atoms with E-state index in [0.29, 0.717) is 12.0 Å². The first-order chi connectivity index (χ1) is 12.9. The fraction of sp³-hybridized carbons (Fsp3) is 0.636. The van der Waals surface area contributed by atoms with Crippen LogP contribution in [0.4, 0.5) is 5.82 Å². The average molecular weight is 373 g/mol. The molecule has 1 aliphatic heterocycles. The van der Waals surface area contributed by atoms with Crippen LogP contribution in [0.2, 0.25) is 0 Å². The summed E-state index contributed by atoms with van der Waals surface area (Å²) in [6, 6.07) is 0.410. The predicted molar refractivity (Wildman–Crippen MR) is 113 cm³/mol. The number of nitrogens with zero attached hydrogens (tertiary/aromatic N) is 3. The van der Waals surface area contributed by atoms with Crippen molar-refractivity contribution in [2.45, 2.75) is 86.2 Å². The number of rotatable bonds is 8. The Balaban J connectivity index is 2.49. The molecular formula is C22H36N4O. The zero-order valence-electron chi connectivity index (χ0n) is 18.0. The smallest absolute Gasteiger partial charge is 0.148 e. The number of aryl methyl sites for hydroxylation is 2. The van der Waals surface area contributed by atoms with Crippen LogP contribution in [0.1, 0.15) is 77.9 Å². The highest BCUT2D eigenvalue weighted by molar-refractivity contribution is 5.77. The molecule has 5 heteroatoms. The molecule has 27 heavy (non-hydrogen) atoms. The van der Waals surface area contributed by atoms with Gasteiger partial charge in [-0.2, -0.15) is 0 Å². The molecule has 0 bridgehead atoms. The van der Waals surface area contributed by atoms with E-state index in [1.54, 1.807) is 0 Å². The lowest BCUT2D eigenvalue weighted by Crippen LogP contribution is -2.36. The lowest BCUT2D eigenvalue weighted by atomic mass is 9.94. The van der Waals surface area contributed by atoms with Gasteiger partial charge < -0.3 is 5.32 Å². The standard InChI is InChI=1S/C22H36N4O/c1-8-16(9-2)24-22-18(10-3)25-21(15(7)23-22)17-12-13-20(14(5)6)26(27)19(17)11-4/h12-14,16,20,27H,8-11H2,1-7H3,(H,23,24). The number of hydrogen-bond donors (Lipinski definition) is 2. The van der Waals surface area contributed by atoms with Crippen molar-refractivity contribution in [1.82, 2.24) is 15.0 Å². The summed E-state index contributed by atoms with van der Waals surface area (Å²) in [5, 5.41) is 15.7. The molecule has 2 heterocycles. The molecule has 0 saturated carbocycles. The van der Waals surface area contributed by atoms with Crippen LogP contribution in [-0.4, -0.2) is 32.3 Å². The van der Waals surface area contributed by atoms with Gasteiger partial charge in [0.15, 0.2) is 0 Å². The fourth-order valence-electron chi connectivity index (χ4n) is 3.61. The van der Waals surface area contributed by atoms with E-state index in [9.17, 15) is 5.21 Å². The largest absolute Gasteiger partial charge is 0.366 e. The highest BCUT2D eigenvalue weighted by atomic mass is 16.5. The van der Waals surface area contributed by atoms with Gasteiger partial charge in [-0.05, 0) is 38.5 Å². The molecule has 1 unspecified atom stereocenters. The van der Waals surface area contributed by atoms with Crippen molar-refractivity contribution in [3.05, 3.63) is 34.9 Å². The van der Waals surface area contributed by atoms with Crippen molar-refractivity contribution in [2.75, 3.05) is 5.32 Å². The second-order valence-corrected chi connectivity index (χ2v) is 7.62. The Hall–Kier alpha value is -1.88. The predicted octanol–water partition coefficient (Wildman–Crippen LogP) is 5.35. The second kappa shape index (κ2) is 9.36. The Labute approximate surface area is 164 Å². The third-order valence-corrected chi connectivity index (χ3v) is 5.41. The number of aromatic nitrogens is 2. The van der Waals surface area contributed by atoms with Crippen LogP contribution in [0.25, 0.3) is 5.57 Å². The quantitative estimate of drug-likeness (QED) is 0.644. The van der Waals surface area contributed by atoms with Crippen LogP contribution in [0.5, 0.6) is 0 Å². The maximum Gasteiger partial charge on any atom is 0.148 e. The SMILES string of the molecule is CCC1=C(c2nc(CC)c(NC(CC)CC)nc2C)C=CC(C(C)C)N1O. The molecule has 0 amide bonds. The third kappa shape index (κ3) is 4.52. The maximum atomic E-state index is 10.7. The summed E-state index contributed by atoms with van der Waals surface area (Å²) in [6.07, 6.45) is 7.87. The minimum Gasteiger partial charge on any atom is -0.366 e. The minimum absolute atomic E-state index is 0.00147. The summed E-state index contributed by atoms with van der Waals surface area (Å²) in [4.78, 5) is 9.83. The zero-order valence-corrected chi connectivity index (χ0v) is 18.0. The topological polar surface area (TPSA) is 61.3 Å². The van der Waals surface area contributed by atoms with Gasteiger partial charge in [-0.15, -0.1) is 0 Å². The summed E-state index contributed by atoms with van der Waals surface area (Å²) in [5.41, 5.74) is 4.63. The normalized spacial score (nSPS) is 17.4. The van der Waals surface area contributed by atoms with Crippen LogP contribution < -0.4 is 5.32 Å². The van der Waals surface area contributed by atoms with E-state index in [0.717, 1.165) is 59.9 Å². The highest BCUT2D eigenvalue weighted by Gasteiger charge is 2.27. The third-order valence-electron chi connectivity index (χ3n) is 5.41. The van der Waals surface area contributed by atoms with Crippen LogP contribution in [0, 0.1) is 12.8 Å². The van der Waals surface area contributed by atoms with Gasteiger partial charge in [0.25, 0.3) is 0 Å². The van der Waals surface area contributed by atoms with Gasteiger partial charge in [-0.3, -0.25) is 10.3 Å². The van der Waals surface area contributed by atoms with Crippen molar-refractivity contribution in [3.63, 3.8) is 0 Å². The molecule has 0 saturated heterocycles. The summed E-state index contributed by atoms with van der Waals surface area (Å²) >= 11 is 0. The molecule has 1 aliphatic rings. The van der Waals surface area contributed by atoms with E-state index in [-0.39, 0.29) is 6.04 Å². The van der Waals surface area contributed by atoms with Gasteiger partial charge in [-0.25, -0.2) is 9.97 Å². The molecule has 150 valence electrons. The van der Waals surface area contributed by atoms with Crippen molar-refractivity contribution in [1.29, 1.82) is 0 Å². The van der Waals surface area contributed by atoms with E-state index in [4.69, 9.17) is 9.97 Å². The van der Waals surface area contributed by atoms with E-state index in [2.05, 4.69) is 59.0 Å². The Morgan fingerprint density at radius 1 is 1.11 bits per heavy atom. The monoisotopic (exact) mass is 372 g/mol. The van der Waals surface area contributed by atoms with Crippen molar-refractivity contribution < 1.29 is 5.21 Å². The van der Waals surface area contributed by atoms with Gasteiger partial charge in [-0.1, -0.05) is 53.7 Å². The first-order valence-corrected chi connectivity index (χ1v) is 10.4. The van der Waals surface area contributed by atoms with Gasteiger partial charge in [0.1, 0.15) is 5.82 Å². The molecule has 1 aromatic rings. The number of anilines is 1. The van der Waals surface area contributed by atoms with Crippen molar-refractivity contribution in [3.8, 4) is 0 Å². The Bertz CT molecular complexity index is 705. The molecule has 0 radical (unpaired) electrons. The molecule has 0 aromatic carbocycles. The summed E-state index contributed by atoms with van der Waals surface area (Å²) in [7, 11) is 0. The molecule has 5 nitrogen and oxygen atoms in total. The molecule has 2 rings (SSSR count). The molecule has 2 N–H and O–H groups in total. The lowest BCUT2D eigenvalue weighted by molar-refractivity contribution is -0.0930. The second-order valence-electron chi connectivity index (χ2n) is 7.62. The number of nitrogens with one attached hydrogen (secondary N) is 1. The molecule has 0 spiro atoms. The first kappa shape index (κ1) is 21.4. The van der Waals surface area contributed by atoms with Gasteiger partial charge in [0, 0.05) is 11.6 Å². The van der Waals surface area contributed by atoms with E-state index >= 15 is 0 Å². The summed E-state index contributed by atoms with van der Waals surface area (Å²) in [5.74, 6) is 1.23. The Morgan fingerprint density at radius 3 is 2.30 bits per heavy atom. The molecule has 1 atom stereocenters. The molecule has 0 fully saturated rings. The van der Waals surface area contributed by atoms with Crippen molar-refractivity contribution >= 4 is 11.4 Å². The van der Waals surface area contributed by atoms with Gasteiger partial charge in [0.2, 0.25) is 0 Å². The van der Waals surface area contributed by atoms with E-state index in [1.807, 2.05) is 6.92 Å². The fourth-order valence-corrected chi connectivity index (χ4v) is 3.61. The summed E-state index contributed by atoms with van der Waals surface area (Å²) in [6.45, 7) is 14.8. The van der Waals surface area contributed by atoms with Crippen LogP contribution in [-0.2, 0) is 6.42 Å². The van der Waals surface area contributed by atoms with Gasteiger partial charge >= 0.3 is 0 Å². The molecule has 0 aliphatic carbocycles. The van der Waals surface area contributed by atoms with Crippen LogP contribution >= 0.6 is 0 Å². The lowest BCUT2D eigenvalue weighted by Gasteiger charge is -2.34. The Morgan fingerprint density at radius 2 is 1.78 bits per heavy atom. The van der Waals surface area contributed by atoms with Crippen LogP contribution in [0.3, 0.4) is 0 Å². The zero-order chi connectivity index (χ0) is 20.1. The van der Waals surface area contributed by atoms with Crippen LogP contribution in [0.15, 0.2) is 17.8 Å². The minimum atomic E-state index is -0.00147.